The van der Waals surface area contributed by atoms with Crippen molar-refractivity contribution in [1.29, 1.82) is 0 Å². The van der Waals surface area contributed by atoms with Crippen LogP contribution in [0, 0.1) is 13.8 Å². The minimum absolute atomic E-state index is 0.00937. The number of aryl methyl sites for hydroxylation is 1. The van der Waals surface area contributed by atoms with E-state index in [0.29, 0.717) is 10.6 Å². The molecule has 0 unspecified atom stereocenters. The molecule has 0 atom stereocenters. The van der Waals surface area contributed by atoms with E-state index in [0.717, 1.165) is 10.4 Å². The summed E-state index contributed by atoms with van der Waals surface area (Å²) in [6, 6.07) is 0. The van der Waals surface area contributed by atoms with Gasteiger partial charge in [0.25, 0.3) is 0 Å². The van der Waals surface area contributed by atoms with E-state index in [2.05, 4.69) is 5.32 Å². The lowest BCUT2D eigenvalue weighted by molar-refractivity contribution is -0.144. The first-order valence-corrected chi connectivity index (χ1v) is 7.36. The second kappa shape index (κ2) is 7.78. The van der Waals surface area contributed by atoms with Crippen LogP contribution in [-0.2, 0) is 19.1 Å². The molecule has 0 aliphatic heterocycles. The van der Waals surface area contributed by atoms with Gasteiger partial charge in [0.2, 0.25) is 5.91 Å². The summed E-state index contributed by atoms with van der Waals surface area (Å²) in [5.41, 5.74) is 1.15. The number of rotatable bonds is 6. The van der Waals surface area contributed by atoms with Crippen LogP contribution in [0.1, 0.15) is 40.6 Å². The summed E-state index contributed by atoms with van der Waals surface area (Å²) >= 11 is 1.31. The normalized spacial score (nSPS) is 10.1. The van der Waals surface area contributed by atoms with Crippen molar-refractivity contribution < 1.29 is 23.9 Å². The summed E-state index contributed by atoms with van der Waals surface area (Å²) in [7, 11) is 1.29. The highest BCUT2D eigenvalue weighted by Crippen LogP contribution is 2.33. The Kier molecular flexibility index (Phi) is 6.36. The van der Waals surface area contributed by atoms with Crippen molar-refractivity contribution in [3.05, 3.63) is 16.0 Å². The Morgan fingerprint density at radius 2 is 1.86 bits per heavy atom. The van der Waals surface area contributed by atoms with E-state index < -0.39 is 11.9 Å². The number of nitrogens with one attached hydrogen (secondary N) is 1. The summed E-state index contributed by atoms with van der Waals surface area (Å²) in [5.74, 6) is -1.24. The van der Waals surface area contributed by atoms with Gasteiger partial charge in [-0.25, -0.2) is 4.79 Å². The Bertz CT molecular complexity index is 550. The van der Waals surface area contributed by atoms with Crippen molar-refractivity contribution in [2.24, 2.45) is 0 Å². The fraction of sp³-hybridized carbons (Fsp3) is 0.500. The molecule has 0 saturated carbocycles. The maximum Gasteiger partial charge on any atom is 0.341 e. The molecule has 0 spiro atoms. The Morgan fingerprint density at radius 3 is 2.43 bits per heavy atom. The topological polar surface area (TPSA) is 81.7 Å². The van der Waals surface area contributed by atoms with Gasteiger partial charge in [-0.3, -0.25) is 9.59 Å². The van der Waals surface area contributed by atoms with Crippen LogP contribution in [0.5, 0.6) is 0 Å². The van der Waals surface area contributed by atoms with Crippen LogP contribution >= 0.6 is 11.3 Å². The van der Waals surface area contributed by atoms with E-state index >= 15 is 0 Å². The molecule has 1 aromatic heterocycles. The fourth-order valence-electron chi connectivity index (χ4n) is 1.70. The number of amides is 1. The van der Waals surface area contributed by atoms with Gasteiger partial charge >= 0.3 is 11.9 Å². The molecular weight excluding hydrogens is 294 g/mol. The Hall–Kier alpha value is -1.89. The second-order valence-corrected chi connectivity index (χ2v) is 5.56. The van der Waals surface area contributed by atoms with Crippen LogP contribution in [0.3, 0.4) is 0 Å². The van der Waals surface area contributed by atoms with Gasteiger partial charge in [-0.1, -0.05) is 0 Å². The molecule has 0 radical (unpaired) electrons. The molecule has 21 heavy (non-hydrogen) atoms. The van der Waals surface area contributed by atoms with Crippen LogP contribution in [0.2, 0.25) is 0 Å². The molecule has 0 aromatic carbocycles. The summed E-state index contributed by atoms with van der Waals surface area (Å²) in [4.78, 5) is 35.7. The molecular formula is C14H19NO5S. The molecule has 7 heteroatoms. The highest BCUT2D eigenvalue weighted by atomic mass is 32.1. The predicted molar refractivity (Wildman–Crippen MR) is 79.6 cm³/mol. The van der Waals surface area contributed by atoms with E-state index in [1.807, 2.05) is 6.92 Å². The highest BCUT2D eigenvalue weighted by molar-refractivity contribution is 7.16. The van der Waals surface area contributed by atoms with Gasteiger partial charge in [-0.05, 0) is 26.3 Å². The average molecular weight is 313 g/mol. The van der Waals surface area contributed by atoms with Crippen molar-refractivity contribution in [2.45, 2.75) is 33.6 Å². The maximum atomic E-state index is 11.8. The lowest BCUT2D eigenvalue weighted by atomic mass is 10.1. The molecule has 1 rings (SSSR count). The molecule has 0 aliphatic rings. The molecule has 0 aliphatic carbocycles. The number of hydrogen-bond acceptors (Lipinski definition) is 6. The largest absolute Gasteiger partial charge is 0.466 e. The molecule has 1 amide bonds. The first kappa shape index (κ1) is 17.2. The first-order valence-electron chi connectivity index (χ1n) is 6.54. The predicted octanol–water partition coefficient (Wildman–Crippen LogP) is 2.43. The number of anilines is 1. The van der Waals surface area contributed by atoms with E-state index in [9.17, 15) is 14.4 Å². The zero-order valence-corrected chi connectivity index (χ0v) is 13.4. The van der Waals surface area contributed by atoms with Gasteiger partial charge in [0.1, 0.15) is 5.00 Å². The van der Waals surface area contributed by atoms with Crippen LogP contribution < -0.4 is 5.32 Å². The molecule has 6 nitrogen and oxygen atoms in total. The van der Waals surface area contributed by atoms with Gasteiger partial charge in [-0.2, -0.15) is 0 Å². The third kappa shape index (κ3) is 4.56. The van der Waals surface area contributed by atoms with Gasteiger partial charge < -0.3 is 14.8 Å². The zero-order valence-electron chi connectivity index (χ0n) is 12.6. The minimum Gasteiger partial charge on any atom is -0.466 e. The summed E-state index contributed by atoms with van der Waals surface area (Å²) in [5, 5.41) is 3.11. The smallest absolute Gasteiger partial charge is 0.341 e. The lowest BCUT2D eigenvalue weighted by Crippen LogP contribution is -2.16. The van der Waals surface area contributed by atoms with Crippen LogP contribution in [0.25, 0.3) is 0 Å². The first-order chi connectivity index (χ1) is 9.90. The van der Waals surface area contributed by atoms with Crippen molar-refractivity contribution in [3.8, 4) is 0 Å². The molecule has 0 saturated heterocycles. The number of esters is 2. The molecule has 116 valence electrons. The number of methoxy groups -OCH3 is 1. The van der Waals surface area contributed by atoms with Crippen LogP contribution in [0.15, 0.2) is 0 Å². The zero-order chi connectivity index (χ0) is 16.0. The quantitative estimate of drug-likeness (QED) is 0.816. The maximum absolute atomic E-state index is 11.8. The van der Waals surface area contributed by atoms with Crippen LogP contribution in [-0.4, -0.2) is 31.6 Å². The number of carbonyl (C=O) groups is 3. The van der Waals surface area contributed by atoms with Crippen molar-refractivity contribution in [1.82, 2.24) is 0 Å². The van der Waals surface area contributed by atoms with Crippen molar-refractivity contribution in [3.63, 3.8) is 0 Å². The Labute approximate surface area is 127 Å². The minimum atomic E-state index is -0.488. The molecule has 0 fully saturated rings. The van der Waals surface area contributed by atoms with Gasteiger partial charge in [-0.15, -0.1) is 11.3 Å². The Morgan fingerprint density at radius 1 is 1.19 bits per heavy atom. The second-order valence-electron chi connectivity index (χ2n) is 4.33. The summed E-state index contributed by atoms with van der Waals surface area (Å²) in [6.45, 7) is 5.65. The monoisotopic (exact) mass is 313 g/mol. The SMILES string of the molecule is CCOC(=O)CCC(=O)Nc1sc(C)c(C)c1C(=O)OC. The van der Waals surface area contributed by atoms with E-state index in [-0.39, 0.29) is 25.4 Å². The number of hydrogen-bond donors (Lipinski definition) is 1. The molecule has 1 N–H and O–H groups in total. The van der Waals surface area contributed by atoms with E-state index in [1.165, 1.54) is 18.4 Å². The summed E-state index contributed by atoms with van der Waals surface area (Å²) in [6.07, 6.45) is 0.0199. The van der Waals surface area contributed by atoms with Crippen molar-refractivity contribution >= 4 is 34.2 Å². The molecule has 1 heterocycles. The van der Waals surface area contributed by atoms with E-state index in [4.69, 9.17) is 9.47 Å². The van der Waals surface area contributed by atoms with Gasteiger partial charge in [0.05, 0.1) is 25.7 Å². The molecule has 1 aromatic rings. The third-order valence-electron chi connectivity index (χ3n) is 2.89. The third-order valence-corrected chi connectivity index (χ3v) is 4.01. The standard InChI is InChI=1S/C14H19NO5S/c1-5-20-11(17)7-6-10(16)15-13-12(14(18)19-4)8(2)9(3)21-13/h5-7H2,1-4H3,(H,15,16). The average Bonchev–Trinajstić information content (AvgIpc) is 2.71. The summed E-state index contributed by atoms with van der Waals surface area (Å²) < 4.78 is 9.48. The van der Waals surface area contributed by atoms with Gasteiger partial charge in [0.15, 0.2) is 0 Å². The fourth-order valence-corrected chi connectivity index (χ4v) is 2.77. The number of ether oxygens (including phenoxy) is 2. The molecule has 0 bridgehead atoms. The Balaban J connectivity index is 2.74. The highest BCUT2D eigenvalue weighted by Gasteiger charge is 2.21. The van der Waals surface area contributed by atoms with Crippen molar-refractivity contribution in [2.75, 3.05) is 19.0 Å². The van der Waals surface area contributed by atoms with Crippen LogP contribution in [0.4, 0.5) is 5.00 Å². The number of carbonyl (C=O) groups excluding carboxylic acids is 3. The van der Waals surface area contributed by atoms with Gasteiger partial charge in [0, 0.05) is 11.3 Å². The lowest BCUT2D eigenvalue weighted by Gasteiger charge is -2.06. The number of thiophene rings is 1. The van der Waals surface area contributed by atoms with E-state index in [1.54, 1.807) is 13.8 Å².